The summed E-state index contributed by atoms with van der Waals surface area (Å²) in [5, 5.41) is 3.62. The van der Waals surface area contributed by atoms with Gasteiger partial charge in [-0.1, -0.05) is 5.16 Å². The Labute approximate surface area is 152 Å². The molecule has 1 aliphatic rings. The molecular formula is C15H15F2N3O6S. The minimum Gasteiger partial charge on any atom is -0.465 e. The number of esters is 1. The smallest absolute Gasteiger partial charge is 0.341 e. The van der Waals surface area contributed by atoms with Gasteiger partial charge < -0.3 is 14.0 Å². The number of hydrogen-bond donors (Lipinski definition) is 0. The molecule has 0 N–H and O–H groups in total. The first-order chi connectivity index (χ1) is 12.8. The van der Waals surface area contributed by atoms with Crippen LogP contribution in [-0.2, 0) is 19.5 Å². The average molecular weight is 403 g/mol. The third-order valence-electron chi connectivity index (χ3n) is 3.92. The molecule has 146 valence electrons. The van der Waals surface area contributed by atoms with Crippen molar-refractivity contribution in [1.29, 1.82) is 0 Å². The highest BCUT2D eigenvalue weighted by atomic mass is 32.2. The van der Waals surface area contributed by atoms with Crippen LogP contribution in [0.3, 0.4) is 0 Å². The molecule has 2 aromatic rings. The summed E-state index contributed by atoms with van der Waals surface area (Å²) >= 11 is 0. The number of carbonyl (C=O) groups excluding carboxylic acids is 1. The molecule has 1 saturated heterocycles. The van der Waals surface area contributed by atoms with E-state index in [0.717, 1.165) is 17.5 Å². The fourth-order valence-corrected chi connectivity index (χ4v) is 4.22. The molecule has 9 nitrogen and oxygen atoms in total. The average Bonchev–Trinajstić information content (AvgIpc) is 3.09. The lowest BCUT2D eigenvalue weighted by molar-refractivity contribution is 0.0203. The fraction of sp³-hybridized carbons (Fsp3) is 0.400. The summed E-state index contributed by atoms with van der Waals surface area (Å²) in [6, 6.07) is 0.285. The van der Waals surface area contributed by atoms with Gasteiger partial charge in [-0.3, -0.25) is 0 Å². The Balaban J connectivity index is 2.06. The van der Waals surface area contributed by atoms with Crippen LogP contribution in [0.5, 0.6) is 0 Å². The minimum atomic E-state index is -4.34. The van der Waals surface area contributed by atoms with Gasteiger partial charge in [0.15, 0.2) is 17.5 Å². The number of benzene rings is 1. The molecule has 2 heterocycles. The maximum atomic E-state index is 13.9. The number of sulfonamides is 1. The van der Waals surface area contributed by atoms with Crippen LogP contribution in [0.4, 0.5) is 8.78 Å². The number of aromatic nitrogens is 2. The first-order valence-electron chi connectivity index (χ1n) is 7.73. The Morgan fingerprint density at radius 2 is 2.11 bits per heavy atom. The number of ether oxygens (including phenoxy) is 2. The Morgan fingerprint density at radius 1 is 1.37 bits per heavy atom. The zero-order valence-corrected chi connectivity index (χ0v) is 15.1. The lowest BCUT2D eigenvalue weighted by atomic mass is 10.2. The van der Waals surface area contributed by atoms with Gasteiger partial charge in [0.25, 0.3) is 0 Å². The Hall–Kier alpha value is -2.44. The molecule has 0 spiro atoms. The minimum absolute atomic E-state index is 0.00606. The SMILES string of the molecule is COC(=O)c1cc(S(=O)(=O)N2CCOCC2c2nc(C)no2)cc(F)c1F. The summed E-state index contributed by atoms with van der Waals surface area (Å²) in [7, 11) is -3.37. The number of nitrogens with zero attached hydrogens (tertiary/aromatic N) is 3. The quantitative estimate of drug-likeness (QED) is 0.700. The number of aryl methyl sites for hydroxylation is 1. The highest BCUT2D eigenvalue weighted by Crippen LogP contribution is 2.31. The molecule has 1 fully saturated rings. The van der Waals surface area contributed by atoms with Crippen molar-refractivity contribution in [2.24, 2.45) is 0 Å². The molecule has 12 heteroatoms. The number of halogens is 2. The van der Waals surface area contributed by atoms with Crippen molar-refractivity contribution in [2.45, 2.75) is 17.9 Å². The first-order valence-corrected chi connectivity index (χ1v) is 9.17. The standard InChI is InChI=1S/C15H15F2N3O6S/c1-8-18-14(26-19-8)12-7-25-4-3-20(12)27(22,23)9-5-10(15(21)24-2)13(17)11(16)6-9/h5-6,12H,3-4,7H2,1-2H3. The maximum Gasteiger partial charge on any atom is 0.341 e. The maximum absolute atomic E-state index is 13.9. The van der Waals surface area contributed by atoms with Crippen LogP contribution in [0, 0.1) is 18.6 Å². The van der Waals surface area contributed by atoms with E-state index in [9.17, 15) is 22.0 Å². The number of methoxy groups -OCH3 is 1. The molecule has 0 radical (unpaired) electrons. The molecule has 1 unspecified atom stereocenters. The largest absolute Gasteiger partial charge is 0.465 e. The molecule has 3 rings (SSSR count). The summed E-state index contributed by atoms with van der Waals surface area (Å²) < 4.78 is 69.5. The Kier molecular flexibility index (Phi) is 5.22. The molecular weight excluding hydrogens is 388 g/mol. The number of morpholine rings is 1. The van der Waals surface area contributed by atoms with Crippen LogP contribution in [0.2, 0.25) is 0 Å². The van der Waals surface area contributed by atoms with Crippen molar-refractivity contribution in [3.05, 3.63) is 41.0 Å². The normalized spacial score (nSPS) is 18.4. The molecule has 1 aromatic carbocycles. The van der Waals surface area contributed by atoms with Crippen molar-refractivity contribution in [3.63, 3.8) is 0 Å². The molecule has 0 saturated carbocycles. The molecule has 0 aliphatic carbocycles. The molecule has 27 heavy (non-hydrogen) atoms. The van der Waals surface area contributed by atoms with Crippen molar-refractivity contribution in [2.75, 3.05) is 26.9 Å². The summed E-state index contributed by atoms with van der Waals surface area (Å²) in [5.74, 6) is -3.88. The third-order valence-corrected chi connectivity index (χ3v) is 5.81. The fourth-order valence-electron chi connectivity index (χ4n) is 2.63. The van der Waals surface area contributed by atoms with Crippen molar-refractivity contribution < 1.29 is 36.0 Å². The molecule has 1 atom stereocenters. The van der Waals surface area contributed by atoms with Crippen LogP contribution in [0.1, 0.15) is 28.1 Å². The second-order valence-corrected chi connectivity index (χ2v) is 7.54. The number of carbonyl (C=O) groups is 1. The van der Waals surface area contributed by atoms with Crippen LogP contribution < -0.4 is 0 Å². The van der Waals surface area contributed by atoms with Gasteiger partial charge in [0.05, 0.1) is 30.8 Å². The van der Waals surface area contributed by atoms with E-state index in [-0.39, 0.29) is 25.6 Å². The first kappa shape index (κ1) is 19.3. The van der Waals surface area contributed by atoms with Crippen molar-refractivity contribution >= 4 is 16.0 Å². The van der Waals surface area contributed by atoms with Crippen LogP contribution >= 0.6 is 0 Å². The van der Waals surface area contributed by atoms with Crippen molar-refractivity contribution in [1.82, 2.24) is 14.4 Å². The zero-order valence-electron chi connectivity index (χ0n) is 14.3. The molecule has 1 aliphatic heterocycles. The summed E-state index contributed by atoms with van der Waals surface area (Å²) in [4.78, 5) is 15.0. The topological polar surface area (TPSA) is 112 Å². The molecule has 0 amide bonds. The van der Waals surface area contributed by atoms with Gasteiger partial charge in [-0.2, -0.15) is 9.29 Å². The van der Waals surface area contributed by atoms with Gasteiger partial charge in [0, 0.05) is 6.54 Å². The van der Waals surface area contributed by atoms with E-state index in [1.54, 1.807) is 6.92 Å². The predicted octanol–water partition coefficient (Wildman–Crippen LogP) is 1.21. The lowest BCUT2D eigenvalue weighted by Gasteiger charge is -2.32. The molecule has 0 bridgehead atoms. The second kappa shape index (κ2) is 7.29. The monoisotopic (exact) mass is 403 g/mol. The van der Waals surface area contributed by atoms with E-state index >= 15 is 0 Å². The highest BCUT2D eigenvalue weighted by Gasteiger charge is 2.39. The summed E-state index contributed by atoms with van der Waals surface area (Å²) in [5.41, 5.74) is -0.825. The summed E-state index contributed by atoms with van der Waals surface area (Å²) in [6.45, 7) is 1.50. The van der Waals surface area contributed by atoms with Crippen LogP contribution in [-0.4, -0.2) is 55.7 Å². The van der Waals surface area contributed by atoms with Gasteiger partial charge in [-0.25, -0.2) is 22.0 Å². The summed E-state index contributed by atoms with van der Waals surface area (Å²) in [6.07, 6.45) is 0. The van der Waals surface area contributed by atoms with E-state index in [2.05, 4.69) is 14.9 Å². The van der Waals surface area contributed by atoms with E-state index < -0.39 is 44.1 Å². The van der Waals surface area contributed by atoms with Gasteiger partial charge in [-0.15, -0.1) is 0 Å². The third kappa shape index (κ3) is 3.55. The molecule has 1 aromatic heterocycles. The van der Waals surface area contributed by atoms with E-state index in [1.807, 2.05) is 0 Å². The van der Waals surface area contributed by atoms with E-state index in [1.165, 1.54) is 0 Å². The Bertz CT molecular complexity index is 978. The van der Waals surface area contributed by atoms with Gasteiger partial charge in [0.1, 0.15) is 6.04 Å². The second-order valence-electron chi connectivity index (χ2n) is 5.64. The number of rotatable bonds is 4. The van der Waals surface area contributed by atoms with Gasteiger partial charge >= 0.3 is 5.97 Å². The van der Waals surface area contributed by atoms with Gasteiger partial charge in [-0.05, 0) is 19.1 Å². The Morgan fingerprint density at radius 3 is 2.74 bits per heavy atom. The lowest BCUT2D eigenvalue weighted by Crippen LogP contribution is -2.43. The van der Waals surface area contributed by atoms with E-state index in [0.29, 0.717) is 11.9 Å². The predicted molar refractivity (Wildman–Crippen MR) is 84.2 cm³/mol. The zero-order chi connectivity index (χ0) is 19.8. The van der Waals surface area contributed by atoms with Gasteiger partial charge in [0.2, 0.25) is 15.9 Å². The van der Waals surface area contributed by atoms with Crippen LogP contribution in [0.15, 0.2) is 21.6 Å². The van der Waals surface area contributed by atoms with Crippen molar-refractivity contribution in [3.8, 4) is 0 Å². The number of hydrogen-bond acceptors (Lipinski definition) is 8. The highest BCUT2D eigenvalue weighted by molar-refractivity contribution is 7.89. The van der Waals surface area contributed by atoms with Crippen LogP contribution in [0.25, 0.3) is 0 Å². The van der Waals surface area contributed by atoms with E-state index in [4.69, 9.17) is 9.26 Å².